The minimum atomic E-state index is -0.277. The van der Waals surface area contributed by atoms with E-state index >= 15 is 0 Å². The third-order valence-corrected chi connectivity index (χ3v) is 4.96. The molecule has 5 rings (SSSR count). The highest BCUT2D eigenvalue weighted by molar-refractivity contribution is 6.08. The molecule has 150 valence electrons. The zero-order chi connectivity index (χ0) is 20.5. The number of H-pyrrole nitrogens is 1. The lowest BCUT2D eigenvalue weighted by Crippen LogP contribution is -2.05. The van der Waals surface area contributed by atoms with Crippen LogP contribution < -0.4 is 10.5 Å². The zero-order valence-electron chi connectivity index (χ0n) is 16.0. The minimum Gasteiger partial charge on any atom is -0.494 e. The van der Waals surface area contributed by atoms with Crippen LogP contribution in [0.4, 0.5) is 10.2 Å². The second kappa shape index (κ2) is 7.47. The SMILES string of the molecule is Nc1nc2cc(-c3ccn[nH]3)ccc2c2cn(CCCOc3ccc(F)cc3)nc12. The summed E-state index contributed by atoms with van der Waals surface area (Å²) >= 11 is 0. The Kier molecular flexibility index (Phi) is 4.51. The van der Waals surface area contributed by atoms with Crippen molar-refractivity contribution in [1.29, 1.82) is 0 Å². The van der Waals surface area contributed by atoms with Crippen molar-refractivity contribution >= 4 is 27.6 Å². The lowest BCUT2D eigenvalue weighted by Gasteiger charge is -2.05. The third kappa shape index (κ3) is 3.43. The molecule has 2 aromatic carbocycles. The smallest absolute Gasteiger partial charge is 0.152 e. The number of nitrogens with two attached hydrogens (primary N) is 1. The topological polar surface area (TPSA) is 94.6 Å². The van der Waals surface area contributed by atoms with E-state index in [1.165, 1.54) is 12.1 Å². The van der Waals surface area contributed by atoms with Crippen molar-refractivity contribution < 1.29 is 9.13 Å². The van der Waals surface area contributed by atoms with Crippen LogP contribution >= 0.6 is 0 Å². The second-order valence-corrected chi connectivity index (χ2v) is 7.01. The van der Waals surface area contributed by atoms with Gasteiger partial charge in [0.15, 0.2) is 5.82 Å². The number of anilines is 1. The van der Waals surface area contributed by atoms with Crippen LogP contribution in [0.5, 0.6) is 5.75 Å². The monoisotopic (exact) mass is 402 g/mol. The van der Waals surface area contributed by atoms with Crippen molar-refractivity contribution in [1.82, 2.24) is 25.0 Å². The first kappa shape index (κ1) is 18.1. The number of hydrogen-bond donors (Lipinski definition) is 2. The number of nitrogen functional groups attached to an aromatic ring is 1. The summed E-state index contributed by atoms with van der Waals surface area (Å²) in [6.45, 7) is 1.17. The molecule has 30 heavy (non-hydrogen) atoms. The van der Waals surface area contributed by atoms with Crippen LogP contribution in [-0.4, -0.2) is 31.6 Å². The number of aryl methyl sites for hydroxylation is 1. The molecule has 0 aliphatic rings. The molecule has 0 radical (unpaired) electrons. The first-order chi connectivity index (χ1) is 14.7. The molecule has 0 fully saturated rings. The van der Waals surface area contributed by atoms with Crippen molar-refractivity contribution in [3.63, 3.8) is 0 Å². The molecule has 3 aromatic heterocycles. The maximum absolute atomic E-state index is 12.9. The van der Waals surface area contributed by atoms with E-state index in [2.05, 4.69) is 20.3 Å². The summed E-state index contributed by atoms with van der Waals surface area (Å²) in [7, 11) is 0. The van der Waals surface area contributed by atoms with Gasteiger partial charge >= 0.3 is 0 Å². The number of hydrogen-bond acceptors (Lipinski definition) is 5. The number of nitrogens with one attached hydrogen (secondary N) is 1. The van der Waals surface area contributed by atoms with E-state index in [0.717, 1.165) is 34.0 Å². The maximum Gasteiger partial charge on any atom is 0.152 e. The molecule has 0 aliphatic carbocycles. The molecule has 0 saturated heterocycles. The van der Waals surface area contributed by atoms with Gasteiger partial charge in [0.1, 0.15) is 17.1 Å². The zero-order valence-corrected chi connectivity index (χ0v) is 16.0. The summed E-state index contributed by atoms with van der Waals surface area (Å²) in [6, 6.07) is 14.0. The van der Waals surface area contributed by atoms with Crippen LogP contribution in [0.25, 0.3) is 33.1 Å². The molecule has 0 amide bonds. The highest BCUT2D eigenvalue weighted by Crippen LogP contribution is 2.30. The average molecular weight is 402 g/mol. The summed E-state index contributed by atoms with van der Waals surface area (Å²) in [4.78, 5) is 4.54. The largest absolute Gasteiger partial charge is 0.494 e. The van der Waals surface area contributed by atoms with Crippen molar-refractivity contribution in [3.8, 4) is 17.0 Å². The van der Waals surface area contributed by atoms with E-state index in [4.69, 9.17) is 10.5 Å². The van der Waals surface area contributed by atoms with Gasteiger partial charge in [-0.3, -0.25) is 9.78 Å². The molecule has 3 N–H and O–H groups in total. The fourth-order valence-corrected chi connectivity index (χ4v) is 3.49. The number of benzene rings is 2. The average Bonchev–Trinajstić information content (AvgIpc) is 3.43. The molecule has 0 unspecified atom stereocenters. The lowest BCUT2D eigenvalue weighted by molar-refractivity contribution is 0.298. The molecule has 0 aliphatic heterocycles. The summed E-state index contributed by atoms with van der Waals surface area (Å²) < 4.78 is 20.5. The minimum absolute atomic E-state index is 0.277. The van der Waals surface area contributed by atoms with Crippen LogP contribution in [0.1, 0.15) is 6.42 Å². The van der Waals surface area contributed by atoms with Crippen LogP contribution in [0.3, 0.4) is 0 Å². The maximum atomic E-state index is 12.9. The standard InChI is InChI=1S/C22H19FN6O/c23-15-3-5-16(6-4-15)30-11-1-10-29-13-18-17-7-2-14(19-8-9-25-27-19)12-20(17)26-22(24)21(18)28-29/h2-9,12-13H,1,10-11H2,(H2,24,26)(H,25,27). The van der Waals surface area contributed by atoms with Gasteiger partial charge < -0.3 is 10.5 Å². The van der Waals surface area contributed by atoms with Crippen LogP contribution in [0.2, 0.25) is 0 Å². The summed E-state index contributed by atoms with van der Waals surface area (Å²) in [5, 5.41) is 13.5. The fraction of sp³-hybridized carbons (Fsp3) is 0.136. The van der Waals surface area contributed by atoms with Gasteiger partial charge in [-0.15, -0.1) is 0 Å². The fourth-order valence-electron chi connectivity index (χ4n) is 3.49. The highest BCUT2D eigenvalue weighted by Gasteiger charge is 2.12. The van der Waals surface area contributed by atoms with E-state index in [0.29, 0.717) is 30.2 Å². The van der Waals surface area contributed by atoms with Crippen LogP contribution in [0, 0.1) is 5.82 Å². The normalized spacial score (nSPS) is 11.4. The van der Waals surface area contributed by atoms with E-state index in [9.17, 15) is 4.39 Å². The number of fused-ring (bicyclic) bond motifs is 3. The number of pyridine rings is 1. The Labute approximate surface area is 171 Å². The molecule has 3 heterocycles. The van der Waals surface area contributed by atoms with Gasteiger partial charge in [0, 0.05) is 41.7 Å². The lowest BCUT2D eigenvalue weighted by atomic mass is 10.1. The van der Waals surface area contributed by atoms with Crippen molar-refractivity contribution in [2.24, 2.45) is 0 Å². The number of rotatable bonds is 6. The summed E-state index contributed by atoms with van der Waals surface area (Å²) in [5.74, 6) is 0.774. The molecule has 0 saturated carbocycles. The molecule has 8 heteroatoms. The molecular weight excluding hydrogens is 383 g/mol. The number of halogens is 1. The van der Waals surface area contributed by atoms with Gasteiger partial charge in [-0.1, -0.05) is 12.1 Å². The Bertz CT molecular complexity index is 1310. The highest BCUT2D eigenvalue weighted by atomic mass is 19.1. The number of ether oxygens (including phenoxy) is 1. The van der Waals surface area contributed by atoms with E-state index in [-0.39, 0.29) is 5.82 Å². The van der Waals surface area contributed by atoms with E-state index < -0.39 is 0 Å². The van der Waals surface area contributed by atoms with Gasteiger partial charge in [-0.05, 0) is 36.4 Å². The Morgan fingerprint density at radius 2 is 1.93 bits per heavy atom. The molecular formula is C22H19FN6O. The van der Waals surface area contributed by atoms with Gasteiger partial charge in [0.2, 0.25) is 0 Å². The Morgan fingerprint density at radius 1 is 1.07 bits per heavy atom. The van der Waals surface area contributed by atoms with Crippen molar-refractivity contribution in [2.45, 2.75) is 13.0 Å². The number of aromatic amines is 1. The molecule has 0 bridgehead atoms. The Balaban J connectivity index is 1.36. The van der Waals surface area contributed by atoms with Crippen LogP contribution in [0.15, 0.2) is 60.9 Å². The predicted octanol–water partition coefficient (Wildman–Crippen LogP) is 4.17. The van der Waals surface area contributed by atoms with Crippen molar-refractivity contribution in [3.05, 3.63) is 66.7 Å². The van der Waals surface area contributed by atoms with E-state index in [1.807, 2.05) is 35.1 Å². The Morgan fingerprint density at radius 3 is 2.73 bits per heavy atom. The van der Waals surface area contributed by atoms with Gasteiger partial charge in [-0.25, -0.2) is 9.37 Å². The predicted molar refractivity (Wildman–Crippen MR) is 114 cm³/mol. The number of aromatic nitrogens is 5. The molecule has 7 nitrogen and oxygen atoms in total. The number of nitrogens with zero attached hydrogens (tertiary/aromatic N) is 4. The molecule has 0 atom stereocenters. The van der Waals surface area contributed by atoms with Gasteiger partial charge in [0.05, 0.1) is 17.8 Å². The van der Waals surface area contributed by atoms with Gasteiger partial charge in [-0.2, -0.15) is 10.2 Å². The molecule has 0 spiro atoms. The first-order valence-electron chi connectivity index (χ1n) is 9.62. The van der Waals surface area contributed by atoms with Crippen LogP contribution in [-0.2, 0) is 6.54 Å². The Hall–Kier alpha value is -3.94. The molecule has 5 aromatic rings. The summed E-state index contributed by atoms with van der Waals surface area (Å²) in [5.41, 5.74) is 9.61. The van der Waals surface area contributed by atoms with Gasteiger partial charge in [0.25, 0.3) is 0 Å². The summed E-state index contributed by atoms with van der Waals surface area (Å²) in [6.07, 6.45) is 4.46. The first-order valence-corrected chi connectivity index (χ1v) is 9.62. The third-order valence-electron chi connectivity index (χ3n) is 4.96. The second-order valence-electron chi connectivity index (χ2n) is 7.01. The quantitative estimate of drug-likeness (QED) is 0.416. The van der Waals surface area contributed by atoms with E-state index in [1.54, 1.807) is 18.3 Å². The van der Waals surface area contributed by atoms with Crippen molar-refractivity contribution in [2.75, 3.05) is 12.3 Å².